The third-order valence-corrected chi connectivity index (χ3v) is 3.62. The van der Waals surface area contributed by atoms with Gasteiger partial charge in [-0.2, -0.15) is 0 Å². The van der Waals surface area contributed by atoms with Gasteiger partial charge in [0.25, 0.3) is 5.91 Å². The minimum atomic E-state index is -0.343. The molecule has 1 heterocycles. The Balaban J connectivity index is 2.28. The molecule has 0 saturated carbocycles. The van der Waals surface area contributed by atoms with E-state index in [1.54, 1.807) is 19.2 Å². The van der Waals surface area contributed by atoms with Gasteiger partial charge in [-0.1, -0.05) is 19.1 Å². The number of benzene rings is 1. The summed E-state index contributed by atoms with van der Waals surface area (Å²) < 4.78 is 28.8. The molecule has 2 aromatic rings. The summed E-state index contributed by atoms with van der Waals surface area (Å²) in [5.74, 6) is 0.306. The predicted octanol–water partition coefficient (Wildman–Crippen LogP) is 3.09. The fraction of sp³-hybridized carbons (Fsp3) is 0.389. The number of hydrogen-bond acceptors (Lipinski definition) is 4. The lowest BCUT2D eigenvalue weighted by molar-refractivity contribution is 0.0839. The molecular formula is C18H22FNO4. The lowest BCUT2D eigenvalue weighted by Crippen LogP contribution is -2.25. The topological polar surface area (TPSA) is 60.7 Å². The van der Waals surface area contributed by atoms with Crippen LogP contribution in [-0.4, -0.2) is 33.5 Å². The highest BCUT2D eigenvalue weighted by Gasteiger charge is 2.21. The van der Waals surface area contributed by atoms with E-state index in [1.807, 2.05) is 13.0 Å². The molecule has 24 heavy (non-hydrogen) atoms. The van der Waals surface area contributed by atoms with E-state index in [0.717, 1.165) is 11.1 Å². The van der Waals surface area contributed by atoms with Gasteiger partial charge in [0.2, 0.25) is 0 Å². The first kappa shape index (κ1) is 18.2. The fourth-order valence-electron chi connectivity index (χ4n) is 2.39. The molecule has 0 aliphatic carbocycles. The first-order chi connectivity index (χ1) is 11.5. The third-order valence-electron chi connectivity index (χ3n) is 3.62. The van der Waals surface area contributed by atoms with Crippen molar-refractivity contribution in [2.75, 3.05) is 27.6 Å². The summed E-state index contributed by atoms with van der Waals surface area (Å²) in [6.07, 6.45) is 0.471. The van der Waals surface area contributed by atoms with E-state index in [0.29, 0.717) is 18.8 Å². The minimum absolute atomic E-state index is 0.0194. The average Bonchev–Trinajstić information content (AvgIpc) is 2.99. The smallest absolute Gasteiger partial charge is 0.289 e. The molecule has 0 saturated heterocycles. The average molecular weight is 335 g/mol. The summed E-state index contributed by atoms with van der Waals surface area (Å²) in [6.45, 7) is 2.54. The van der Waals surface area contributed by atoms with Gasteiger partial charge in [-0.05, 0) is 23.8 Å². The maximum absolute atomic E-state index is 13.1. The van der Waals surface area contributed by atoms with Gasteiger partial charge >= 0.3 is 0 Å². The Morgan fingerprint density at radius 3 is 2.58 bits per heavy atom. The van der Waals surface area contributed by atoms with E-state index in [1.165, 1.54) is 19.2 Å². The Morgan fingerprint density at radius 1 is 1.25 bits per heavy atom. The molecular weight excluding hydrogens is 313 g/mol. The minimum Gasteiger partial charge on any atom is -0.455 e. The van der Waals surface area contributed by atoms with Crippen LogP contribution in [-0.2, 0) is 15.9 Å². The lowest BCUT2D eigenvalue weighted by atomic mass is 10.0. The summed E-state index contributed by atoms with van der Waals surface area (Å²) >= 11 is 0. The maximum Gasteiger partial charge on any atom is 0.289 e. The fourth-order valence-corrected chi connectivity index (χ4v) is 2.39. The quantitative estimate of drug-likeness (QED) is 0.753. The summed E-state index contributed by atoms with van der Waals surface area (Å²) in [7, 11) is 3.11. The monoisotopic (exact) mass is 335 g/mol. The molecule has 0 aliphatic heterocycles. The van der Waals surface area contributed by atoms with Crippen LogP contribution in [0, 0.1) is 5.82 Å². The molecule has 1 amide bonds. The van der Waals surface area contributed by atoms with Gasteiger partial charge in [0.15, 0.2) is 5.76 Å². The number of carbonyl (C=O) groups excluding carboxylic acids is 1. The molecule has 1 unspecified atom stereocenters. The molecule has 1 atom stereocenters. The van der Waals surface area contributed by atoms with Crippen LogP contribution in [0.3, 0.4) is 0 Å². The highest BCUT2D eigenvalue weighted by molar-refractivity contribution is 5.93. The summed E-state index contributed by atoms with van der Waals surface area (Å²) in [4.78, 5) is 12.3. The Morgan fingerprint density at radius 2 is 1.96 bits per heavy atom. The zero-order chi connectivity index (χ0) is 17.5. The van der Waals surface area contributed by atoms with Crippen molar-refractivity contribution < 1.29 is 23.1 Å². The molecule has 0 spiro atoms. The molecule has 6 heteroatoms. The number of rotatable bonds is 8. The van der Waals surface area contributed by atoms with Crippen molar-refractivity contribution in [3.63, 3.8) is 0 Å². The van der Waals surface area contributed by atoms with Crippen LogP contribution in [0.25, 0.3) is 0 Å². The molecule has 0 radical (unpaired) electrons. The van der Waals surface area contributed by atoms with Gasteiger partial charge in [0.05, 0.1) is 6.61 Å². The number of ether oxygens (including phenoxy) is 2. The van der Waals surface area contributed by atoms with Crippen LogP contribution in [0.15, 0.2) is 34.7 Å². The van der Waals surface area contributed by atoms with E-state index < -0.39 is 0 Å². The number of methoxy groups -OCH3 is 2. The number of carbonyl (C=O) groups is 1. The molecule has 1 aromatic carbocycles. The molecule has 0 fully saturated rings. The van der Waals surface area contributed by atoms with Crippen molar-refractivity contribution in [3.8, 4) is 0 Å². The largest absolute Gasteiger partial charge is 0.455 e. The molecule has 1 N–H and O–H groups in total. The van der Waals surface area contributed by atoms with Crippen LogP contribution in [0.4, 0.5) is 4.39 Å². The van der Waals surface area contributed by atoms with Gasteiger partial charge in [-0.15, -0.1) is 0 Å². The third kappa shape index (κ3) is 4.66. The molecule has 2 rings (SSSR count). The standard InChI is InChI=1S/C18H22FNO4/c1-12(10-22-2)16-9-14(8-13-4-6-15(19)7-5-13)17(24-16)18(21)20-11-23-3/h4-7,9,12H,8,10-11H2,1-3H3,(H,20,21). The molecule has 1 aromatic heterocycles. The number of hydrogen-bond donors (Lipinski definition) is 1. The van der Waals surface area contributed by atoms with E-state index in [2.05, 4.69) is 5.32 Å². The highest BCUT2D eigenvalue weighted by Crippen LogP contribution is 2.25. The predicted molar refractivity (Wildman–Crippen MR) is 87.5 cm³/mol. The van der Waals surface area contributed by atoms with Crippen molar-refractivity contribution in [1.82, 2.24) is 5.32 Å². The normalized spacial score (nSPS) is 12.2. The van der Waals surface area contributed by atoms with Crippen LogP contribution in [0.1, 0.15) is 40.3 Å². The number of furan rings is 1. The second-order valence-electron chi connectivity index (χ2n) is 5.60. The zero-order valence-corrected chi connectivity index (χ0v) is 14.1. The van der Waals surface area contributed by atoms with E-state index in [4.69, 9.17) is 13.9 Å². The van der Waals surface area contributed by atoms with Crippen LogP contribution < -0.4 is 5.32 Å². The molecule has 0 aliphatic rings. The molecule has 0 bridgehead atoms. The Kier molecular flexibility index (Phi) is 6.52. The van der Waals surface area contributed by atoms with Crippen molar-refractivity contribution in [2.45, 2.75) is 19.3 Å². The number of amides is 1. The SMILES string of the molecule is COCNC(=O)c1oc(C(C)COC)cc1Cc1ccc(F)cc1. The maximum atomic E-state index is 13.1. The van der Waals surface area contributed by atoms with Gasteiger partial charge in [-0.3, -0.25) is 4.79 Å². The van der Waals surface area contributed by atoms with E-state index >= 15 is 0 Å². The van der Waals surface area contributed by atoms with Gasteiger partial charge in [0, 0.05) is 32.1 Å². The number of nitrogens with one attached hydrogen (secondary N) is 1. The lowest BCUT2D eigenvalue weighted by Gasteiger charge is -2.06. The summed E-state index contributed by atoms with van der Waals surface area (Å²) in [5.41, 5.74) is 1.64. The van der Waals surface area contributed by atoms with Crippen LogP contribution in [0.2, 0.25) is 0 Å². The highest BCUT2D eigenvalue weighted by atomic mass is 19.1. The number of halogens is 1. The first-order valence-corrected chi connectivity index (χ1v) is 7.68. The van der Waals surface area contributed by atoms with Gasteiger partial charge in [-0.25, -0.2) is 4.39 Å². The van der Waals surface area contributed by atoms with Gasteiger partial charge in [0.1, 0.15) is 18.3 Å². The van der Waals surface area contributed by atoms with Crippen LogP contribution >= 0.6 is 0 Å². The van der Waals surface area contributed by atoms with Crippen molar-refractivity contribution in [2.24, 2.45) is 0 Å². The summed E-state index contributed by atoms with van der Waals surface area (Å²) in [5, 5.41) is 2.62. The summed E-state index contributed by atoms with van der Waals surface area (Å²) in [6, 6.07) is 8.03. The Bertz CT molecular complexity index is 666. The zero-order valence-electron chi connectivity index (χ0n) is 14.1. The molecule has 130 valence electrons. The van der Waals surface area contributed by atoms with Crippen LogP contribution in [0.5, 0.6) is 0 Å². The Labute approximate surface area is 140 Å². The van der Waals surface area contributed by atoms with E-state index in [9.17, 15) is 9.18 Å². The Hall–Kier alpha value is -2.18. The second kappa shape index (κ2) is 8.61. The van der Waals surface area contributed by atoms with Crippen molar-refractivity contribution >= 4 is 5.91 Å². The van der Waals surface area contributed by atoms with E-state index in [-0.39, 0.29) is 30.1 Å². The molecule has 5 nitrogen and oxygen atoms in total. The van der Waals surface area contributed by atoms with Crippen molar-refractivity contribution in [1.29, 1.82) is 0 Å². The van der Waals surface area contributed by atoms with Gasteiger partial charge < -0.3 is 19.2 Å². The second-order valence-corrected chi connectivity index (χ2v) is 5.60. The van der Waals surface area contributed by atoms with Crippen molar-refractivity contribution in [3.05, 3.63) is 58.8 Å². The first-order valence-electron chi connectivity index (χ1n) is 7.68.